The van der Waals surface area contributed by atoms with Gasteiger partial charge >= 0.3 is 0 Å². The lowest BCUT2D eigenvalue weighted by Gasteiger charge is -2.12. The second-order valence-electron chi connectivity index (χ2n) is 5.63. The molecule has 3 rings (SSSR count). The molecule has 0 saturated carbocycles. The molecule has 11 heteroatoms. The molecular weight excluding hydrogens is 452 g/mol. The van der Waals surface area contributed by atoms with E-state index in [2.05, 4.69) is 25.9 Å². The second kappa shape index (κ2) is 8.07. The van der Waals surface area contributed by atoms with Crippen LogP contribution in [0, 0.1) is 0 Å². The largest absolute Gasteiger partial charge is 0.504 e. The molecule has 1 aliphatic rings. The van der Waals surface area contributed by atoms with Crippen molar-refractivity contribution in [1.82, 2.24) is 14.9 Å². The molecule has 1 saturated heterocycles. The molecule has 0 atom stereocenters. The number of anilines is 1. The highest BCUT2D eigenvalue weighted by Gasteiger charge is 2.32. The third-order valence-corrected chi connectivity index (χ3v) is 5.42. The van der Waals surface area contributed by atoms with E-state index in [1.54, 1.807) is 12.1 Å². The number of carbonyl (C=O) groups excluding carboxylic acids is 2. The molecule has 1 aromatic heterocycles. The lowest BCUT2D eigenvalue weighted by Crippen LogP contribution is -2.22. The van der Waals surface area contributed by atoms with Gasteiger partial charge in [-0.3, -0.25) is 14.5 Å². The van der Waals surface area contributed by atoms with E-state index in [1.807, 2.05) is 0 Å². The van der Waals surface area contributed by atoms with Crippen molar-refractivity contribution in [2.75, 3.05) is 19.9 Å². The molecule has 3 N–H and O–H groups in total. The molecule has 146 valence electrons. The number of phenolic OH excluding ortho intramolecular Hbond substituents is 1. The third-order valence-electron chi connectivity index (χ3n) is 3.77. The van der Waals surface area contributed by atoms with Crippen LogP contribution in [0.15, 0.2) is 27.7 Å². The number of aromatic hydroxyl groups is 1. The summed E-state index contributed by atoms with van der Waals surface area (Å²) >= 11 is 4.17. The van der Waals surface area contributed by atoms with Crippen LogP contribution in [0.1, 0.15) is 11.1 Å². The van der Waals surface area contributed by atoms with E-state index >= 15 is 0 Å². The van der Waals surface area contributed by atoms with E-state index in [0.29, 0.717) is 15.6 Å². The van der Waals surface area contributed by atoms with Gasteiger partial charge in [-0.1, -0.05) is 15.9 Å². The number of rotatable bonds is 5. The van der Waals surface area contributed by atoms with Crippen LogP contribution in [0.3, 0.4) is 0 Å². The van der Waals surface area contributed by atoms with Crippen LogP contribution in [0.5, 0.6) is 17.4 Å². The minimum absolute atomic E-state index is 0.0174. The van der Waals surface area contributed by atoms with Crippen molar-refractivity contribution >= 4 is 50.9 Å². The molecule has 0 radical (unpaired) electrons. The van der Waals surface area contributed by atoms with Gasteiger partial charge in [0.05, 0.1) is 17.6 Å². The van der Waals surface area contributed by atoms with Crippen LogP contribution in [0.25, 0.3) is 6.08 Å². The Labute approximate surface area is 172 Å². The number of nitrogen functional groups attached to an aromatic ring is 1. The van der Waals surface area contributed by atoms with Crippen LogP contribution in [-0.2, 0) is 11.4 Å². The first-order valence-electron chi connectivity index (χ1n) is 7.82. The summed E-state index contributed by atoms with van der Waals surface area (Å²) in [6.45, 7) is 0.0174. The van der Waals surface area contributed by atoms with Gasteiger partial charge in [-0.25, -0.2) is 4.98 Å². The molecule has 2 amide bonds. The summed E-state index contributed by atoms with van der Waals surface area (Å²) in [7, 11) is 2.86. The van der Waals surface area contributed by atoms with Crippen molar-refractivity contribution in [3.63, 3.8) is 0 Å². The van der Waals surface area contributed by atoms with Gasteiger partial charge < -0.3 is 20.3 Å². The highest BCUT2D eigenvalue weighted by atomic mass is 79.9. The second-order valence-corrected chi connectivity index (χ2v) is 7.48. The summed E-state index contributed by atoms with van der Waals surface area (Å²) in [5, 5.41) is 9.82. The summed E-state index contributed by atoms with van der Waals surface area (Å²) in [5.41, 5.74) is 6.63. The van der Waals surface area contributed by atoms with Gasteiger partial charge in [0.25, 0.3) is 11.1 Å². The Morgan fingerprint density at radius 3 is 2.79 bits per heavy atom. The van der Waals surface area contributed by atoms with Crippen LogP contribution in [-0.4, -0.2) is 45.3 Å². The number of aromatic nitrogens is 2. The standard InChI is InChI=1S/C17H15BrN4O5S/c1-22-15(24)13(28-17(22)25)4-8-3-12(11(23)5-10(8)18)27-7-9-6-20-16(19)21-14(9)26-2/h3-6,23H,7H2,1-2H3,(H2,19,20,21)/b13-4-. The normalized spacial score (nSPS) is 15.4. The van der Waals surface area contributed by atoms with Gasteiger partial charge in [0.15, 0.2) is 11.5 Å². The lowest BCUT2D eigenvalue weighted by atomic mass is 10.2. The number of ether oxygens (including phenoxy) is 2. The number of likely N-dealkylation sites (N-methyl/N-ethyl adjacent to an activating group) is 1. The Morgan fingerprint density at radius 2 is 2.14 bits per heavy atom. The summed E-state index contributed by atoms with van der Waals surface area (Å²) in [4.78, 5) is 32.9. The number of carbonyl (C=O) groups is 2. The zero-order valence-corrected chi connectivity index (χ0v) is 17.2. The maximum Gasteiger partial charge on any atom is 0.293 e. The molecule has 0 aliphatic carbocycles. The summed E-state index contributed by atoms with van der Waals surface area (Å²) in [6.07, 6.45) is 3.02. The molecule has 2 heterocycles. The molecule has 1 fully saturated rings. The van der Waals surface area contributed by atoms with Gasteiger partial charge in [0.2, 0.25) is 11.8 Å². The van der Waals surface area contributed by atoms with Crippen LogP contribution in [0.4, 0.5) is 10.7 Å². The van der Waals surface area contributed by atoms with E-state index in [-0.39, 0.29) is 46.0 Å². The van der Waals surface area contributed by atoms with E-state index in [9.17, 15) is 14.7 Å². The predicted molar refractivity (Wildman–Crippen MR) is 107 cm³/mol. The molecule has 0 bridgehead atoms. The van der Waals surface area contributed by atoms with E-state index in [1.165, 1.54) is 26.4 Å². The first kappa shape index (κ1) is 20.0. The number of nitrogens with two attached hydrogens (primary N) is 1. The number of halogens is 1. The molecule has 9 nitrogen and oxygen atoms in total. The smallest absolute Gasteiger partial charge is 0.293 e. The van der Waals surface area contributed by atoms with Gasteiger partial charge in [0.1, 0.15) is 6.61 Å². The summed E-state index contributed by atoms with van der Waals surface area (Å²) in [6, 6.07) is 2.99. The number of hydrogen-bond donors (Lipinski definition) is 2. The fourth-order valence-electron chi connectivity index (χ4n) is 2.31. The van der Waals surface area contributed by atoms with Crippen LogP contribution < -0.4 is 15.2 Å². The Morgan fingerprint density at radius 1 is 1.39 bits per heavy atom. The fraction of sp³-hybridized carbons (Fsp3) is 0.176. The number of methoxy groups -OCH3 is 1. The van der Waals surface area contributed by atoms with Crippen molar-refractivity contribution in [3.8, 4) is 17.4 Å². The number of phenols is 1. The van der Waals surface area contributed by atoms with Crippen molar-refractivity contribution in [3.05, 3.63) is 38.8 Å². The minimum atomic E-state index is -0.388. The number of nitrogens with zero attached hydrogens (tertiary/aromatic N) is 3. The maximum absolute atomic E-state index is 12.1. The number of amides is 2. The Bertz CT molecular complexity index is 998. The van der Waals surface area contributed by atoms with E-state index in [0.717, 1.165) is 16.7 Å². The zero-order valence-electron chi connectivity index (χ0n) is 14.8. The predicted octanol–water partition coefficient (Wildman–Crippen LogP) is 2.78. The van der Waals surface area contributed by atoms with Crippen LogP contribution in [0.2, 0.25) is 0 Å². The SMILES string of the molecule is COc1nc(N)ncc1COc1cc(/C=C2\SC(=O)N(C)C2=O)c(Br)cc1O. The van der Waals surface area contributed by atoms with Crippen molar-refractivity contribution in [2.24, 2.45) is 0 Å². The molecular formula is C17H15BrN4O5S. The van der Waals surface area contributed by atoms with Gasteiger partial charge in [-0.05, 0) is 35.5 Å². The van der Waals surface area contributed by atoms with Crippen LogP contribution >= 0.6 is 27.7 Å². The van der Waals surface area contributed by atoms with Crippen molar-refractivity contribution < 1.29 is 24.2 Å². The Hall–Kier alpha value is -2.79. The monoisotopic (exact) mass is 466 g/mol. The number of thioether (sulfide) groups is 1. The first-order chi connectivity index (χ1) is 13.3. The third kappa shape index (κ3) is 4.04. The van der Waals surface area contributed by atoms with E-state index in [4.69, 9.17) is 15.2 Å². The highest BCUT2D eigenvalue weighted by molar-refractivity contribution is 9.10. The zero-order chi connectivity index (χ0) is 20.4. The molecule has 28 heavy (non-hydrogen) atoms. The number of imide groups is 1. The molecule has 0 spiro atoms. The quantitative estimate of drug-likeness (QED) is 0.638. The summed E-state index contributed by atoms with van der Waals surface area (Å²) in [5.74, 6) is 0.00778. The highest BCUT2D eigenvalue weighted by Crippen LogP contribution is 2.37. The topological polar surface area (TPSA) is 128 Å². The maximum atomic E-state index is 12.1. The van der Waals surface area contributed by atoms with Gasteiger partial charge in [-0.15, -0.1) is 0 Å². The molecule has 0 unspecified atom stereocenters. The van der Waals surface area contributed by atoms with Crippen molar-refractivity contribution in [2.45, 2.75) is 6.61 Å². The number of hydrogen-bond acceptors (Lipinski definition) is 9. The van der Waals surface area contributed by atoms with E-state index < -0.39 is 0 Å². The first-order valence-corrected chi connectivity index (χ1v) is 9.43. The molecule has 1 aliphatic heterocycles. The Kier molecular flexibility index (Phi) is 5.75. The summed E-state index contributed by atoms with van der Waals surface area (Å²) < 4.78 is 11.3. The average molecular weight is 467 g/mol. The molecule has 1 aromatic carbocycles. The van der Waals surface area contributed by atoms with Crippen molar-refractivity contribution in [1.29, 1.82) is 0 Å². The van der Waals surface area contributed by atoms with Gasteiger partial charge in [-0.2, -0.15) is 4.98 Å². The van der Waals surface area contributed by atoms with Gasteiger partial charge in [0, 0.05) is 17.7 Å². The minimum Gasteiger partial charge on any atom is -0.504 e. The average Bonchev–Trinajstić information content (AvgIpc) is 2.90. The number of benzene rings is 1. The molecule has 2 aromatic rings. The fourth-order valence-corrected chi connectivity index (χ4v) is 3.57. The lowest BCUT2D eigenvalue weighted by molar-refractivity contribution is -0.121. The Balaban J connectivity index is 1.86.